The van der Waals surface area contributed by atoms with Gasteiger partial charge in [-0.1, -0.05) is 0 Å². The molecular weight excluding hydrogens is 420 g/mol. The van der Waals surface area contributed by atoms with Crippen LogP contribution in [-0.4, -0.2) is 47.0 Å². The highest BCUT2D eigenvalue weighted by Crippen LogP contribution is 2.27. The van der Waals surface area contributed by atoms with Crippen LogP contribution in [0.15, 0.2) is 47.4 Å². The summed E-state index contributed by atoms with van der Waals surface area (Å²) in [6, 6.07) is 9.44. The summed E-state index contributed by atoms with van der Waals surface area (Å²) in [5, 5.41) is 2.59. The van der Waals surface area contributed by atoms with Gasteiger partial charge in [0.1, 0.15) is 11.5 Å². The van der Waals surface area contributed by atoms with Crippen LogP contribution >= 0.6 is 0 Å². The fourth-order valence-corrected chi connectivity index (χ4v) is 4.75. The molecule has 10 heteroatoms. The second-order valence-electron chi connectivity index (χ2n) is 6.73. The van der Waals surface area contributed by atoms with Crippen molar-refractivity contribution in [3.8, 4) is 11.5 Å². The van der Waals surface area contributed by atoms with Crippen molar-refractivity contribution in [3.63, 3.8) is 0 Å². The van der Waals surface area contributed by atoms with E-state index in [1.165, 1.54) is 49.6 Å². The quantitative estimate of drug-likeness (QED) is 0.676. The molecule has 1 N–H and O–H groups in total. The second kappa shape index (κ2) is 9.40. The Morgan fingerprint density at radius 3 is 2.57 bits per heavy atom. The monoisotopic (exact) mass is 441 g/mol. The summed E-state index contributed by atoms with van der Waals surface area (Å²) >= 11 is 0. The lowest BCUT2D eigenvalue weighted by atomic mass is 10.1. The lowest BCUT2D eigenvalue weighted by Crippen LogP contribution is -2.18. The van der Waals surface area contributed by atoms with E-state index >= 15 is 0 Å². The van der Waals surface area contributed by atoms with Crippen LogP contribution < -0.4 is 14.8 Å². The van der Waals surface area contributed by atoms with E-state index in [9.17, 15) is 22.0 Å². The topological polar surface area (TPSA) is 90.9 Å². The Morgan fingerprint density at radius 1 is 1.23 bits per heavy atom. The standard InChI is InChI=1S/C20H21F2NO6S/c1-27-18-7-6-16(30(25,26)12-13-8-9-28-11-13)10-17(18)19(24)23-14-2-4-15(5-3-14)29-20(21)22/h2-7,10,13,20H,8-9,11-12H2,1H3,(H,23,24)/t13-/m0/s1. The highest BCUT2D eigenvalue weighted by Gasteiger charge is 2.26. The first kappa shape index (κ1) is 22.0. The summed E-state index contributed by atoms with van der Waals surface area (Å²) in [6.07, 6.45) is 0.675. The lowest BCUT2D eigenvalue weighted by Gasteiger charge is -2.13. The Bertz CT molecular complexity index is 989. The van der Waals surface area contributed by atoms with E-state index in [1.54, 1.807) is 0 Å². The number of carbonyl (C=O) groups excluding carboxylic acids is 1. The van der Waals surface area contributed by atoms with Gasteiger partial charge in [0.15, 0.2) is 9.84 Å². The number of rotatable bonds is 8. The number of alkyl halides is 2. The van der Waals surface area contributed by atoms with Crippen LogP contribution in [0, 0.1) is 5.92 Å². The Kier molecular flexibility index (Phi) is 6.88. The summed E-state index contributed by atoms with van der Waals surface area (Å²) in [5.74, 6) is -0.594. The molecule has 0 bridgehead atoms. The molecule has 1 aliphatic heterocycles. The highest BCUT2D eigenvalue weighted by molar-refractivity contribution is 7.91. The Hall–Kier alpha value is -2.72. The molecular formula is C20H21F2NO6S. The Morgan fingerprint density at radius 2 is 1.97 bits per heavy atom. The Labute approximate surface area is 172 Å². The maximum Gasteiger partial charge on any atom is 0.387 e. The third-order valence-corrected chi connectivity index (χ3v) is 6.47. The molecule has 1 aliphatic rings. The fraction of sp³-hybridized carbons (Fsp3) is 0.350. The van der Waals surface area contributed by atoms with Crippen molar-refractivity contribution >= 4 is 21.4 Å². The molecule has 0 aromatic heterocycles. The van der Waals surface area contributed by atoms with Crippen molar-refractivity contribution in [2.24, 2.45) is 5.92 Å². The number of amides is 1. The predicted molar refractivity (Wildman–Crippen MR) is 105 cm³/mol. The van der Waals surface area contributed by atoms with E-state index in [2.05, 4.69) is 10.1 Å². The highest BCUT2D eigenvalue weighted by atomic mass is 32.2. The van der Waals surface area contributed by atoms with E-state index < -0.39 is 22.4 Å². The molecule has 1 amide bonds. The number of anilines is 1. The minimum Gasteiger partial charge on any atom is -0.496 e. The summed E-state index contributed by atoms with van der Waals surface area (Å²) < 4.78 is 64.6. The van der Waals surface area contributed by atoms with Gasteiger partial charge in [0.25, 0.3) is 5.91 Å². The van der Waals surface area contributed by atoms with Crippen molar-refractivity contribution in [2.45, 2.75) is 17.9 Å². The van der Waals surface area contributed by atoms with Crippen LogP contribution in [0.4, 0.5) is 14.5 Å². The zero-order chi connectivity index (χ0) is 21.7. The van der Waals surface area contributed by atoms with Crippen LogP contribution in [0.2, 0.25) is 0 Å². The number of nitrogens with one attached hydrogen (secondary N) is 1. The van der Waals surface area contributed by atoms with E-state index in [0.29, 0.717) is 25.3 Å². The van der Waals surface area contributed by atoms with Crippen LogP contribution in [0.3, 0.4) is 0 Å². The van der Waals surface area contributed by atoms with Crippen molar-refractivity contribution in [1.29, 1.82) is 0 Å². The van der Waals surface area contributed by atoms with E-state index in [4.69, 9.17) is 9.47 Å². The van der Waals surface area contributed by atoms with Gasteiger partial charge in [-0.3, -0.25) is 4.79 Å². The van der Waals surface area contributed by atoms with Crippen molar-refractivity contribution in [3.05, 3.63) is 48.0 Å². The molecule has 162 valence electrons. The van der Waals surface area contributed by atoms with E-state index in [1.807, 2.05) is 0 Å². The van der Waals surface area contributed by atoms with Crippen molar-refractivity contribution in [2.75, 3.05) is 31.4 Å². The third kappa shape index (κ3) is 5.45. The molecule has 0 saturated carbocycles. The minimum absolute atomic E-state index is 0.0148. The molecule has 2 aromatic carbocycles. The number of methoxy groups -OCH3 is 1. The zero-order valence-electron chi connectivity index (χ0n) is 16.1. The van der Waals surface area contributed by atoms with Gasteiger partial charge in [-0.25, -0.2) is 8.42 Å². The number of hydrogen-bond acceptors (Lipinski definition) is 6. The van der Waals surface area contributed by atoms with Crippen LogP contribution in [-0.2, 0) is 14.6 Å². The molecule has 2 aromatic rings. The molecule has 0 radical (unpaired) electrons. The molecule has 1 heterocycles. The average Bonchev–Trinajstić information content (AvgIpc) is 3.20. The van der Waals surface area contributed by atoms with Gasteiger partial charge in [0.05, 0.1) is 29.9 Å². The molecule has 7 nitrogen and oxygen atoms in total. The number of halogens is 2. The van der Waals surface area contributed by atoms with E-state index in [-0.39, 0.29) is 33.6 Å². The molecule has 30 heavy (non-hydrogen) atoms. The van der Waals surface area contributed by atoms with Gasteiger partial charge in [-0.05, 0) is 54.8 Å². The first-order valence-electron chi connectivity index (χ1n) is 9.13. The van der Waals surface area contributed by atoms with Crippen molar-refractivity contribution in [1.82, 2.24) is 0 Å². The van der Waals surface area contributed by atoms with Gasteiger partial charge in [-0.2, -0.15) is 8.78 Å². The van der Waals surface area contributed by atoms with Gasteiger partial charge in [0, 0.05) is 12.3 Å². The lowest BCUT2D eigenvalue weighted by molar-refractivity contribution is -0.0498. The fourth-order valence-electron chi connectivity index (χ4n) is 3.10. The van der Waals surface area contributed by atoms with Gasteiger partial charge in [0.2, 0.25) is 0 Å². The number of benzene rings is 2. The molecule has 1 atom stereocenters. The molecule has 1 fully saturated rings. The maximum absolute atomic E-state index is 12.7. The number of hydrogen-bond donors (Lipinski definition) is 1. The average molecular weight is 441 g/mol. The normalized spacial score (nSPS) is 16.5. The Balaban J connectivity index is 1.79. The zero-order valence-corrected chi connectivity index (χ0v) is 17.0. The maximum atomic E-state index is 12.7. The summed E-state index contributed by atoms with van der Waals surface area (Å²) in [5.41, 5.74) is 0.356. The van der Waals surface area contributed by atoms with E-state index in [0.717, 1.165) is 0 Å². The smallest absolute Gasteiger partial charge is 0.387 e. The predicted octanol–water partition coefficient (Wildman–Crippen LogP) is 3.36. The summed E-state index contributed by atoms with van der Waals surface area (Å²) in [7, 11) is -2.25. The third-order valence-electron chi connectivity index (χ3n) is 4.59. The van der Waals surface area contributed by atoms with Crippen LogP contribution in [0.5, 0.6) is 11.5 Å². The first-order chi connectivity index (χ1) is 14.3. The number of ether oxygens (including phenoxy) is 3. The van der Waals surface area contributed by atoms with Gasteiger partial charge in [-0.15, -0.1) is 0 Å². The molecule has 1 saturated heterocycles. The summed E-state index contributed by atoms with van der Waals surface area (Å²) in [4.78, 5) is 12.7. The minimum atomic E-state index is -3.62. The van der Waals surface area contributed by atoms with Crippen LogP contribution in [0.1, 0.15) is 16.8 Å². The molecule has 0 spiro atoms. The second-order valence-corrected chi connectivity index (χ2v) is 8.76. The number of sulfone groups is 1. The van der Waals surface area contributed by atoms with Crippen molar-refractivity contribution < 1.29 is 36.2 Å². The molecule has 0 aliphatic carbocycles. The summed E-state index contributed by atoms with van der Waals surface area (Å²) in [6.45, 7) is -2.01. The largest absolute Gasteiger partial charge is 0.496 e. The first-order valence-corrected chi connectivity index (χ1v) is 10.8. The van der Waals surface area contributed by atoms with Gasteiger partial charge < -0.3 is 19.5 Å². The van der Waals surface area contributed by atoms with Crippen LogP contribution in [0.25, 0.3) is 0 Å². The number of carbonyl (C=O) groups is 1. The SMILES string of the molecule is COc1ccc(S(=O)(=O)C[C@H]2CCOC2)cc1C(=O)Nc1ccc(OC(F)F)cc1. The van der Waals surface area contributed by atoms with Gasteiger partial charge >= 0.3 is 6.61 Å². The molecule has 3 rings (SSSR count). The molecule has 0 unspecified atom stereocenters.